The monoisotopic (exact) mass is 382 g/mol. The van der Waals surface area contributed by atoms with Crippen molar-refractivity contribution in [3.05, 3.63) is 30.7 Å². The van der Waals surface area contributed by atoms with Gasteiger partial charge in [-0.3, -0.25) is 4.79 Å². The Kier molecular flexibility index (Phi) is 4.72. The number of benzene rings is 1. The van der Waals surface area contributed by atoms with E-state index in [-0.39, 0.29) is 5.91 Å². The van der Waals surface area contributed by atoms with Crippen LogP contribution in [0.1, 0.15) is 6.92 Å². The van der Waals surface area contributed by atoms with Crippen LogP contribution in [0.2, 0.25) is 0 Å². The highest BCUT2D eigenvalue weighted by molar-refractivity contribution is 5.79. The molecule has 0 atom stereocenters. The number of hydrogen-bond donors (Lipinski definition) is 0. The lowest BCUT2D eigenvalue weighted by atomic mass is 10.1. The van der Waals surface area contributed by atoms with Gasteiger partial charge in [-0.2, -0.15) is 14.6 Å². The Hall–Kier alpha value is -3.36. The minimum atomic E-state index is 0.0976. The molecule has 4 rings (SSSR count). The second kappa shape index (κ2) is 7.34. The van der Waals surface area contributed by atoms with E-state index in [1.54, 1.807) is 31.9 Å². The maximum absolute atomic E-state index is 11.7. The van der Waals surface area contributed by atoms with Crippen molar-refractivity contribution in [3.63, 3.8) is 0 Å². The van der Waals surface area contributed by atoms with Gasteiger partial charge in [0.15, 0.2) is 11.5 Å². The van der Waals surface area contributed by atoms with Gasteiger partial charge in [-0.1, -0.05) is 6.07 Å². The number of aromatic nitrogens is 4. The number of rotatable bonds is 4. The largest absolute Gasteiger partial charge is 0.493 e. The Labute approximate surface area is 162 Å². The van der Waals surface area contributed by atoms with E-state index in [9.17, 15) is 4.79 Å². The zero-order chi connectivity index (χ0) is 19.7. The van der Waals surface area contributed by atoms with E-state index in [4.69, 9.17) is 9.47 Å². The quantitative estimate of drug-likeness (QED) is 0.676. The molecule has 0 spiro atoms. The fraction of sp³-hybridized carbons (Fsp3) is 0.368. The molecule has 0 bridgehead atoms. The van der Waals surface area contributed by atoms with E-state index in [1.165, 1.54) is 6.33 Å². The first-order chi connectivity index (χ1) is 13.6. The average Bonchev–Trinajstić information content (AvgIpc) is 3.21. The van der Waals surface area contributed by atoms with Gasteiger partial charge in [-0.15, -0.1) is 0 Å². The van der Waals surface area contributed by atoms with Crippen molar-refractivity contribution in [2.75, 3.05) is 45.3 Å². The van der Waals surface area contributed by atoms with Crippen LogP contribution in [0.4, 0.5) is 5.82 Å². The van der Waals surface area contributed by atoms with E-state index < -0.39 is 0 Å². The summed E-state index contributed by atoms with van der Waals surface area (Å²) in [5.41, 5.74) is 1.85. The predicted octanol–water partition coefficient (Wildman–Crippen LogP) is 1.48. The van der Waals surface area contributed by atoms with Crippen LogP contribution in [-0.2, 0) is 4.79 Å². The topological polar surface area (TPSA) is 85.1 Å². The number of hydrogen-bond acceptors (Lipinski definition) is 7. The molecule has 0 unspecified atom stereocenters. The van der Waals surface area contributed by atoms with Crippen molar-refractivity contribution in [3.8, 4) is 22.6 Å². The standard InChI is InChI=1S/C19H22N6O3/c1-13(26)23-6-8-24(9-7-23)18-15(11-20-19-21-12-22-25(18)19)14-4-5-16(27-2)17(10-14)28-3/h4-5,10-12H,6-9H2,1-3H3. The van der Waals surface area contributed by atoms with Gasteiger partial charge >= 0.3 is 0 Å². The van der Waals surface area contributed by atoms with Crippen molar-refractivity contribution < 1.29 is 14.3 Å². The highest BCUT2D eigenvalue weighted by Crippen LogP contribution is 2.36. The Bertz CT molecular complexity index is 1010. The smallest absolute Gasteiger partial charge is 0.254 e. The van der Waals surface area contributed by atoms with Crippen LogP contribution in [-0.4, -0.2) is 70.8 Å². The number of fused-ring (bicyclic) bond motifs is 1. The van der Waals surface area contributed by atoms with E-state index in [0.717, 1.165) is 16.9 Å². The molecule has 9 nitrogen and oxygen atoms in total. The minimum absolute atomic E-state index is 0.0976. The molecule has 0 N–H and O–H groups in total. The lowest BCUT2D eigenvalue weighted by Crippen LogP contribution is -2.48. The van der Waals surface area contributed by atoms with Gasteiger partial charge in [0.05, 0.1) is 14.2 Å². The molecule has 0 saturated carbocycles. The summed E-state index contributed by atoms with van der Waals surface area (Å²) < 4.78 is 12.6. The highest BCUT2D eigenvalue weighted by atomic mass is 16.5. The first kappa shape index (κ1) is 18.0. The average molecular weight is 382 g/mol. The molecule has 2 aromatic heterocycles. The van der Waals surface area contributed by atoms with E-state index >= 15 is 0 Å². The molecule has 28 heavy (non-hydrogen) atoms. The molecule has 1 saturated heterocycles. The summed E-state index contributed by atoms with van der Waals surface area (Å²) >= 11 is 0. The third-order valence-corrected chi connectivity index (χ3v) is 5.00. The molecule has 1 aliphatic heterocycles. The third-order valence-electron chi connectivity index (χ3n) is 5.00. The Balaban J connectivity index is 1.80. The van der Waals surface area contributed by atoms with Gasteiger partial charge in [0.25, 0.3) is 5.78 Å². The predicted molar refractivity (Wildman–Crippen MR) is 104 cm³/mol. The third kappa shape index (κ3) is 3.08. The summed E-state index contributed by atoms with van der Waals surface area (Å²) in [7, 11) is 3.23. The number of anilines is 1. The molecule has 3 aromatic rings. The van der Waals surface area contributed by atoms with Crippen LogP contribution < -0.4 is 14.4 Å². The summed E-state index contributed by atoms with van der Waals surface area (Å²) in [5, 5.41) is 4.38. The number of ether oxygens (including phenoxy) is 2. The number of piperazine rings is 1. The molecule has 1 aromatic carbocycles. The summed E-state index contributed by atoms with van der Waals surface area (Å²) in [6, 6.07) is 5.77. The van der Waals surface area contributed by atoms with Crippen LogP contribution in [0.5, 0.6) is 11.5 Å². The van der Waals surface area contributed by atoms with Gasteiger partial charge in [0.1, 0.15) is 12.1 Å². The molecule has 0 aliphatic carbocycles. The van der Waals surface area contributed by atoms with Gasteiger partial charge in [-0.05, 0) is 17.7 Å². The van der Waals surface area contributed by atoms with Crippen molar-refractivity contribution in [2.24, 2.45) is 0 Å². The van der Waals surface area contributed by atoms with Crippen molar-refractivity contribution in [1.29, 1.82) is 0 Å². The first-order valence-corrected chi connectivity index (χ1v) is 9.04. The first-order valence-electron chi connectivity index (χ1n) is 9.04. The van der Waals surface area contributed by atoms with Gasteiger partial charge < -0.3 is 19.3 Å². The SMILES string of the molecule is COc1ccc(-c2cnc3ncnn3c2N2CCN(C(C)=O)CC2)cc1OC. The van der Waals surface area contributed by atoms with E-state index in [0.29, 0.717) is 43.5 Å². The maximum atomic E-state index is 11.7. The summed E-state index contributed by atoms with van der Waals surface area (Å²) in [5.74, 6) is 2.84. The van der Waals surface area contributed by atoms with Crippen molar-refractivity contribution in [2.45, 2.75) is 6.92 Å². The highest BCUT2D eigenvalue weighted by Gasteiger charge is 2.24. The molecule has 1 fully saturated rings. The maximum Gasteiger partial charge on any atom is 0.254 e. The zero-order valence-electron chi connectivity index (χ0n) is 16.1. The minimum Gasteiger partial charge on any atom is -0.493 e. The number of amides is 1. The van der Waals surface area contributed by atoms with Gasteiger partial charge in [-0.25, -0.2) is 4.98 Å². The van der Waals surface area contributed by atoms with E-state index in [2.05, 4.69) is 20.0 Å². The van der Waals surface area contributed by atoms with Crippen LogP contribution in [0, 0.1) is 0 Å². The molecular formula is C19H22N6O3. The molecule has 9 heteroatoms. The summed E-state index contributed by atoms with van der Waals surface area (Å²) in [6.07, 6.45) is 3.30. The normalized spacial score (nSPS) is 14.4. The fourth-order valence-corrected chi connectivity index (χ4v) is 3.51. The second-order valence-corrected chi connectivity index (χ2v) is 6.53. The van der Waals surface area contributed by atoms with Gasteiger partial charge in [0.2, 0.25) is 5.91 Å². The van der Waals surface area contributed by atoms with Crippen LogP contribution in [0.25, 0.3) is 16.9 Å². The Morgan fingerprint density at radius 2 is 1.79 bits per heavy atom. The van der Waals surface area contributed by atoms with Gasteiger partial charge in [0, 0.05) is 44.9 Å². The van der Waals surface area contributed by atoms with Crippen molar-refractivity contribution in [1.82, 2.24) is 24.5 Å². The molecule has 1 aliphatic rings. The summed E-state index contributed by atoms with van der Waals surface area (Å²) in [6.45, 7) is 4.35. The number of nitrogens with zero attached hydrogens (tertiary/aromatic N) is 6. The molecule has 0 radical (unpaired) electrons. The lowest BCUT2D eigenvalue weighted by Gasteiger charge is -2.36. The Morgan fingerprint density at radius 3 is 2.46 bits per heavy atom. The molecular weight excluding hydrogens is 360 g/mol. The zero-order valence-corrected chi connectivity index (χ0v) is 16.1. The number of carbonyl (C=O) groups is 1. The summed E-state index contributed by atoms with van der Waals surface area (Å²) in [4.78, 5) is 24.4. The van der Waals surface area contributed by atoms with Crippen LogP contribution in [0.3, 0.4) is 0 Å². The number of carbonyl (C=O) groups excluding carboxylic acids is 1. The van der Waals surface area contributed by atoms with E-state index in [1.807, 2.05) is 23.1 Å². The Morgan fingerprint density at radius 1 is 1.04 bits per heavy atom. The molecule has 1 amide bonds. The fourth-order valence-electron chi connectivity index (χ4n) is 3.51. The second-order valence-electron chi connectivity index (χ2n) is 6.53. The lowest BCUT2D eigenvalue weighted by molar-refractivity contribution is -0.129. The number of methoxy groups -OCH3 is 2. The van der Waals surface area contributed by atoms with Crippen LogP contribution >= 0.6 is 0 Å². The molecule has 146 valence electrons. The molecule has 3 heterocycles. The van der Waals surface area contributed by atoms with Crippen LogP contribution in [0.15, 0.2) is 30.7 Å². The van der Waals surface area contributed by atoms with Crippen molar-refractivity contribution >= 4 is 17.5 Å².